The number of aromatic hydroxyl groups is 1. The highest BCUT2D eigenvalue weighted by atomic mass is 79.9. The number of carbonyl (C=O) groups excluding carboxylic acids is 4. The fraction of sp³-hybridized carbons (Fsp3) is 0.333. The average molecular weight is 662 g/mol. The lowest BCUT2D eigenvalue weighted by Crippen LogP contribution is -2.48. The number of methoxy groups -OCH3 is 1. The van der Waals surface area contributed by atoms with Crippen LogP contribution in [0.2, 0.25) is 0 Å². The molecular weight excluding hydrogens is 632 g/mol. The predicted octanol–water partition coefficient (Wildman–Crippen LogP) is 5.66. The quantitative estimate of drug-likeness (QED) is 0.280. The first kappa shape index (κ1) is 28.0. The Morgan fingerprint density at radius 3 is 2.49 bits per heavy atom. The number of amides is 4. The summed E-state index contributed by atoms with van der Waals surface area (Å²) in [6.45, 7) is 2.07. The van der Waals surface area contributed by atoms with Gasteiger partial charge in [0.1, 0.15) is 0 Å². The number of nitrogens with zero attached hydrogens (tertiary/aromatic N) is 2. The molecule has 2 saturated heterocycles. The van der Waals surface area contributed by atoms with Crippen LogP contribution in [0, 0.1) is 29.1 Å². The molecular formula is C33H29BrN2O6S. The Morgan fingerprint density at radius 2 is 1.79 bits per heavy atom. The number of likely N-dealkylation sites (tertiary alicyclic amines) is 1. The Kier molecular flexibility index (Phi) is 6.63. The number of rotatable bonds is 5. The van der Waals surface area contributed by atoms with Gasteiger partial charge in [-0.1, -0.05) is 35.9 Å². The molecule has 3 aromatic rings. The van der Waals surface area contributed by atoms with Crippen molar-refractivity contribution in [3.8, 4) is 11.5 Å². The zero-order valence-corrected chi connectivity index (χ0v) is 25.9. The summed E-state index contributed by atoms with van der Waals surface area (Å²) in [7, 11) is 1.45. The summed E-state index contributed by atoms with van der Waals surface area (Å²) in [5.41, 5.74) is 0.896. The van der Waals surface area contributed by atoms with Crippen LogP contribution in [-0.2, 0) is 25.7 Å². The monoisotopic (exact) mass is 660 g/mol. The first-order valence-electron chi connectivity index (χ1n) is 14.2. The summed E-state index contributed by atoms with van der Waals surface area (Å²) in [5.74, 6) is -3.71. The first-order chi connectivity index (χ1) is 20.7. The number of benzene rings is 2. The van der Waals surface area contributed by atoms with Crippen molar-refractivity contribution < 1.29 is 29.0 Å². The molecule has 0 spiro atoms. The van der Waals surface area contributed by atoms with E-state index in [1.165, 1.54) is 28.2 Å². The van der Waals surface area contributed by atoms with Gasteiger partial charge < -0.3 is 9.84 Å². The second kappa shape index (κ2) is 10.2. The maximum atomic E-state index is 14.5. The number of thiophene rings is 1. The van der Waals surface area contributed by atoms with E-state index in [1.807, 2.05) is 36.6 Å². The van der Waals surface area contributed by atoms with E-state index in [1.54, 1.807) is 36.4 Å². The van der Waals surface area contributed by atoms with Crippen LogP contribution in [0.15, 0.2) is 76.1 Å². The Labute approximate surface area is 261 Å². The molecule has 4 amide bonds. The van der Waals surface area contributed by atoms with Crippen molar-refractivity contribution in [2.24, 2.45) is 29.1 Å². The first-order valence-corrected chi connectivity index (χ1v) is 15.9. The molecule has 8 nitrogen and oxygen atoms in total. The molecule has 2 aliphatic carbocycles. The number of phenols is 1. The summed E-state index contributed by atoms with van der Waals surface area (Å²) in [5, 5.41) is 12.5. The minimum atomic E-state index is -1.17. The molecule has 0 unspecified atom stereocenters. The van der Waals surface area contributed by atoms with E-state index in [9.17, 15) is 24.3 Å². The van der Waals surface area contributed by atoms with Gasteiger partial charge in [0.15, 0.2) is 11.5 Å². The molecule has 43 heavy (non-hydrogen) atoms. The molecule has 1 saturated carbocycles. The Bertz CT molecular complexity index is 1710. The number of halogens is 1. The summed E-state index contributed by atoms with van der Waals surface area (Å²) >= 11 is 4.94. The summed E-state index contributed by atoms with van der Waals surface area (Å²) in [6.07, 6.45) is 2.68. The van der Waals surface area contributed by atoms with Gasteiger partial charge in [0.2, 0.25) is 23.6 Å². The molecule has 3 heterocycles. The highest BCUT2D eigenvalue weighted by molar-refractivity contribution is 9.10. The standard InChI is InChI=1S/C33H29BrN2O6S/c1-33-23(30(39)36(32(33)41)18-7-4-3-5-8-18)15-22-20(27(33)17-13-24(34)28(37)25(14-17)42-2)10-11-21-26(22)31(40)35(29(21)38)16-19-9-6-12-43-19/h3-10,12-14,21-23,26-27,37H,11,15-16H2,1-2H3/t21-,22+,23-,26-,27-,33+/m0/s1. The third-order valence-corrected chi connectivity index (χ3v) is 11.3. The number of hydrogen-bond acceptors (Lipinski definition) is 7. The van der Waals surface area contributed by atoms with Gasteiger partial charge in [0.25, 0.3) is 0 Å². The molecule has 0 bridgehead atoms. The number of anilines is 1. The molecule has 6 atom stereocenters. The second-order valence-electron chi connectivity index (χ2n) is 11.9. The van der Waals surface area contributed by atoms with Gasteiger partial charge in [-0.05, 0) is 82.9 Å². The van der Waals surface area contributed by atoms with Crippen molar-refractivity contribution in [3.63, 3.8) is 0 Å². The van der Waals surface area contributed by atoms with Crippen LogP contribution in [0.25, 0.3) is 0 Å². The molecule has 1 aromatic heterocycles. The molecule has 3 fully saturated rings. The third-order valence-electron chi connectivity index (χ3n) is 9.88. The van der Waals surface area contributed by atoms with E-state index in [0.29, 0.717) is 22.1 Å². The maximum Gasteiger partial charge on any atom is 0.241 e. The Morgan fingerprint density at radius 1 is 1.02 bits per heavy atom. The lowest BCUT2D eigenvalue weighted by Gasteiger charge is -2.49. The van der Waals surface area contributed by atoms with Crippen LogP contribution in [-0.4, -0.2) is 40.7 Å². The average Bonchev–Trinajstić information content (AvgIpc) is 3.66. The minimum absolute atomic E-state index is 0.0708. The number of para-hydroxylation sites is 1. The lowest BCUT2D eigenvalue weighted by atomic mass is 9.51. The van der Waals surface area contributed by atoms with E-state index < -0.39 is 35.0 Å². The van der Waals surface area contributed by atoms with Gasteiger partial charge in [0, 0.05) is 10.8 Å². The summed E-state index contributed by atoms with van der Waals surface area (Å²) in [4.78, 5) is 59.9. The van der Waals surface area contributed by atoms with E-state index in [4.69, 9.17) is 4.74 Å². The van der Waals surface area contributed by atoms with Gasteiger partial charge in [-0.15, -0.1) is 11.3 Å². The van der Waals surface area contributed by atoms with Crippen molar-refractivity contribution in [3.05, 3.63) is 86.5 Å². The van der Waals surface area contributed by atoms with Crippen LogP contribution >= 0.6 is 27.3 Å². The van der Waals surface area contributed by atoms with Gasteiger partial charge >= 0.3 is 0 Å². The van der Waals surface area contributed by atoms with Crippen molar-refractivity contribution in [2.75, 3.05) is 12.0 Å². The van der Waals surface area contributed by atoms with E-state index in [2.05, 4.69) is 15.9 Å². The van der Waals surface area contributed by atoms with Crippen LogP contribution < -0.4 is 9.64 Å². The molecule has 4 aliphatic rings. The highest BCUT2D eigenvalue weighted by Crippen LogP contribution is 2.64. The molecule has 2 aliphatic heterocycles. The van der Waals surface area contributed by atoms with E-state index in [-0.39, 0.29) is 48.1 Å². The number of carbonyl (C=O) groups is 4. The van der Waals surface area contributed by atoms with Crippen molar-refractivity contribution in [1.29, 1.82) is 0 Å². The number of allylic oxidation sites excluding steroid dienone is 2. The molecule has 7 rings (SSSR count). The van der Waals surface area contributed by atoms with E-state index in [0.717, 1.165) is 10.5 Å². The summed E-state index contributed by atoms with van der Waals surface area (Å²) < 4.78 is 5.87. The highest BCUT2D eigenvalue weighted by Gasteiger charge is 2.67. The molecule has 0 radical (unpaired) electrons. The van der Waals surface area contributed by atoms with Crippen LogP contribution in [0.1, 0.15) is 36.1 Å². The number of imide groups is 2. The van der Waals surface area contributed by atoms with Crippen molar-refractivity contribution in [2.45, 2.75) is 32.2 Å². The van der Waals surface area contributed by atoms with Crippen molar-refractivity contribution >= 4 is 56.6 Å². The molecule has 2 aromatic carbocycles. The fourth-order valence-corrected chi connectivity index (χ4v) is 9.07. The third kappa shape index (κ3) is 3.99. The van der Waals surface area contributed by atoms with E-state index >= 15 is 0 Å². The Hall–Kier alpha value is -3.76. The van der Waals surface area contributed by atoms with Crippen LogP contribution in [0.4, 0.5) is 5.69 Å². The minimum Gasteiger partial charge on any atom is -0.503 e. The maximum absolute atomic E-state index is 14.5. The zero-order chi connectivity index (χ0) is 30.2. The number of fused-ring (bicyclic) bond motifs is 4. The molecule has 10 heteroatoms. The summed E-state index contributed by atoms with van der Waals surface area (Å²) in [6, 6.07) is 16.2. The van der Waals surface area contributed by atoms with Crippen LogP contribution in [0.3, 0.4) is 0 Å². The second-order valence-corrected chi connectivity index (χ2v) is 13.8. The zero-order valence-electron chi connectivity index (χ0n) is 23.5. The van der Waals surface area contributed by atoms with Gasteiger partial charge in [0.05, 0.1) is 47.0 Å². The Balaban J connectivity index is 1.37. The number of phenolic OH excluding ortho intramolecular Hbond substituents is 1. The van der Waals surface area contributed by atoms with Crippen molar-refractivity contribution in [1.82, 2.24) is 4.90 Å². The smallest absolute Gasteiger partial charge is 0.241 e. The topological polar surface area (TPSA) is 104 Å². The lowest BCUT2D eigenvalue weighted by molar-refractivity contribution is -0.141. The van der Waals surface area contributed by atoms with Gasteiger partial charge in [-0.25, -0.2) is 4.90 Å². The SMILES string of the molecule is COc1cc([C@H]2C3=CC[C@@H]4C(=O)N(Cc5cccs5)C(=O)[C@@H]4[C@@H]3C[C@H]3C(=O)N(c4ccccc4)C(=O)[C@@]23C)cc(Br)c1O. The van der Waals surface area contributed by atoms with Crippen LogP contribution in [0.5, 0.6) is 11.5 Å². The molecule has 220 valence electrons. The largest absolute Gasteiger partial charge is 0.503 e. The van der Waals surface area contributed by atoms with Gasteiger partial charge in [-0.3, -0.25) is 24.1 Å². The number of ether oxygens (including phenoxy) is 1. The fourth-order valence-electron chi connectivity index (χ4n) is 7.91. The predicted molar refractivity (Wildman–Crippen MR) is 163 cm³/mol. The number of hydrogen-bond donors (Lipinski definition) is 1. The van der Waals surface area contributed by atoms with Gasteiger partial charge in [-0.2, -0.15) is 0 Å². The normalized spacial score (nSPS) is 29.8. The molecule has 1 N–H and O–H groups in total.